The number of pyridine rings is 1. The van der Waals surface area contributed by atoms with Gasteiger partial charge in [-0.05, 0) is 40.5 Å². The van der Waals surface area contributed by atoms with Gasteiger partial charge in [0.2, 0.25) is 0 Å². The molecule has 0 amide bonds. The van der Waals surface area contributed by atoms with Gasteiger partial charge in [0.15, 0.2) is 0 Å². The van der Waals surface area contributed by atoms with Gasteiger partial charge in [0.05, 0.1) is 28.4 Å². The van der Waals surface area contributed by atoms with Crippen molar-refractivity contribution in [3.8, 4) is 5.75 Å². The number of nitrogen functional groups attached to an aromatic ring is 1. The van der Waals surface area contributed by atoms with Crippen LogP contribution in [0.25, 0.3) is 0 Å². The van der Waals surface area contributed by atoms with E-state index in [1.807, 2.05) is 31.2 Å². The lowest BCUT2D eigenvalue weighted by Gasteiger charge is -2.10. The maximum Gasteiger partial charge on any atom is 0.132 e. The second-order valence-electron chi connectivity index (χ2n) is 3.71. The molecule has 18 heavy (non-hydrogen) atoms. The van der Waals surface area contributed by atoms with Crippen LogP contribution in [0.1, 0.15) is 5.56 Å². The zero-order chi connectivity index (χ0) is 13.1. The minimum absolute atomic E-state index is 0.686. The molecule has 0 fully saturated rings. The lowest BCUT2D eigenvalue weighted by atomic mass is 10.3. The highest BCUT2D eigenvalue weighted by molar-refractivity contribution is 9.10. The fourth-order valence-corrected chi connectivity index (χ4v) is 2.98. The maximum absolute atomic E-state index is 5.81. The van der Waals surface area contributed by atoms with Crippen molar-refractivity contribution >= 4 is 33.4 Å². The summed E-state index contributed by atoms with van der Waals surface area (Å²) in [6.45, 7) is 1.97. The zero-order valence-electron chi connectivity index (χ0n) is 10.1. The molecule has 3 nitrogen and oxygen atoms in total. The van der Waals surface area contributed by atoms with E-state index >= 15 is 0 Å². The van der Waals surface area contributed by atoms with Crippen LogP contribution in [0.5, 0.6) is 5.75 Å². The third kappa shape index (κ3) is 2.62. The van der Waals surface area contributed by atoms with Crippen molar-refractivity contribution in [3.63, 3.8) is 0 Å². The minimum Gasteiger partial charge on any atom is -0.496 e. The van der Waals surface area contributed by atoms with Crippen LogP contribution >= 0.6 is 27.7 Å². The molecule has 0 saturated heterocycles. The number of para-hydroxylation sites is 1. The molecule has 0 bridgehead atoms. The van der Waals surface area contributed by atoms with E-state index in [1.54, 1.807) is 25.1 Å². The molecule has 0 atom stereocenters. The molecule has 2 rings (SSSR count). The van der Waals surface area contributed by atoms with E-state index in [0.717, 1.165) is 25.7 Å². The zero-order valence-corrected chi connectivity index (χ0v) is 12.5. The smallest absolute Gasteiger partial charge is 0.132 e. The number of rotatable bonds is 3. The molecule has 0 radical (unpaired) electrons. The van der Waals surface area contributed by atoms with Crippen molar-refractivity contribution in [2.45, 2.75) is 16.8 Å². The lowest BCUT2D eigenvalue weighted by Crippen LogP contribution is -1.94. The second kappa shape index (κ2) is 5.63. The summed E-state index contributed by atoms with van der Waals surface area (Å²) in [4.78, 5) is 5.37. The molecule has 1 heterocycles. The molecule has 2 aromatic rings. The van der Waals surface area contributed by atoms with Crippen LogP contribution in [-0.4, -0.2) is 12.1 Å². The summed E-state index contributed by atoms with van der Waals surface area (Å²) >= 11 is 5.08. The molecular formula is C13H13BrN2OS. The van der Waals surface area contributed by atoms with Crippen LogP contribution < -0.4 is 10.5 Å². The van der Waals surface area contributed by atoms with Crippen molar-refractivity contribution in [2.75, 3.05) is 12.8 Å². The van der Waals surface area contributed by atoms with E-state index in [4.69, 9.17) is 10.5 Å². The van der Waals surface area contributed by atoms with Gasteiger partial charge in [0.25, 0.3) is 0 Å². The third-order valence-electron chi connectivity index (χ3n) is 2.55. The van der Waals surface area contributed by atoms with Crippen LogP contribution in [-0.2, 0) is 0 Å². The monoisotopic (exact) mass is 324 g/mol. The van der Waals surface area contributed by atoms with Crippen molar-refractivity contribution in [1.29, 1.82) is 0 Å². The maximum atomic E-state index is 5.81. The van der Waals surface area contributed by atoms with Gasteiger partial charge in [-0.25, -0.2) is 4.98 Å². The largest absolute Gasteiger partial charge is 0.496 e. The summed E-state index contributed by atoms with van der Waals surface area (Å²) in [7, 11) is 1.66. The number of anilines is 1. The molecule has 2 N–H and O–H groups in total. The van der Waals surface area contributed by atoms with Crippen molar-refractivity contribution < 1.29 is 4.74 Å². The average molecular weight is 325 g/mol. The third-order valence-corrected chi connectivity index (χ3v) is 4.84. The Balaban J connectivity index is 2.37. The Morgan fingerprint density at radius 3 is 2.78 bits per heavy atom. The predicted octanol–water partition coefficient (Wildman–Crippen LogP) is 3.89. The summed E-state index contributed by atoms with van der Waals surface area (Å²) in [5, 5.41) is 0.881. The summed E-state index contributed by atoms with van der Waals surface area (Å²) in [6, 6.07) is 7.85. The van der Waals surface area contributed by atoms with Crippen LogP contribution in [0, 0.1) is 6.92 Å². The second-order valence-corrected chi connectivity index (χ2v) is 5.53. The fourth-order valence-electron chi connectivity index (χ4n) is 1.45. The van der Waals surface area contributed by atoms with Crippen LogP contribution in [0.15, 0.2) is 44.9 Å². The van der Waals surface area contributed by atoms with E-state index in [9.17, 15) is 0 Å². The van der Waals surface area contributed by atoms with E-state index in [2.05, 4.69) is 20.9 Å². The molecule has 0 spiro atoms. The Bertz CT molecular complexity index is 575. The molecule has 0 aliphatic rings. The summed E-state index contributed by atoms with van der Waals surface area (Å²) < 4.78 is 6.25. The molecule has 0 aliphatic carbocycles. The standard InChI is InChI=1S/C13H13BrN2OS/c1-8-9(15)7-16-13(12(8)14)18-11-6-4-3-5-10(11)17-2/h3-7H,15H2,1-2H3. The molecule has 1 aromatic heterocycles. The molecule has 0 aliphatic heterocycles. The Labute approximate surface area is 119 Å². The molecular weight excluding hydrogens is 312 g/mol. The highest BCUT2D eigenvalue weighted by Crippen LogP contribution is 2.38. The summed E-state index contributed by atoms with van der Waals surface area (Å²) in [5.41, 5.74) is 7.50. The van der Waals surface area contributed by atoms with E-state index in [1.165, 1.54) is 0 Å². The first kappa shape index (κ1) is 13.2. The van der Waals surface area contributed by atoms with Crippen LogP contribution in [0.3, 0.4) is 0 Å². The Morgan fingerprint density at radius 1 is 1.33 bits per heavy atom. The lowest BCUT2D eigenvalue weighted by molar-refractivity contribution is 0.405. The van der Waals surface area contributed by atoms with Gasteiger partial charge in [-0.15, -0.1) is 0 Å². The van der Waals surface area contributed by atoms with Crippen LogP contribution in [0.4, 0.5) is 5.69 Å². The Kier molecular flexibility index (Phi) is 4.14. The number of aromatic nitrogens is 1. The molecule has 5 heteroatoms. The van der Waals surface area contributed by atoms with Crippen molar-refractivity contribution in [3.05, 3.63) is 40.5 Å². The predicted molar refractivity (Wildman–Crippen MR) is 78.2 cm³/mol. The normalized spacial score (nSPS) is 10.4. The minimum atomic E-state index is 0.686. The number of ether oxygens (including phenoxy) is 1. The SMILES string of the molecule is COc1ccccc1Sc1ncc(N)c(C)c1Br. The van der Waals surface area contributed by atoms with Gasteiger partial charge in [0, 0.05) is 0 Å². The van der Waals surface area contributed by atoms with Crippen molar-refractivity contribution in [2.24, 2.45) is 0 Å². The molecule has 1 aromatic carbocycles. The van der Waals surface area contributed by atoms with Crippen LogP contribution in [0.2, 0.25) is 0 Å². The number of nitrogens with zero attached hydrogens (tertiary/aromatic N) is 1. The van der Waals surface area contributed by atoms with Crippen molar-refractivity contribution in [1.82, 2.24) is 4.98 Å². The number of halogens is 1. The first-order valence-corrected chi connectivity index (χ1v) is 6.96. The number of methoxy groups -OCH3 is 1. The highest BCUT2D eigenvalue weighted by atomic mass is 79.9. The average Bonchev–Trinajstić information content (AvgIpc) is 2.40. The number of hydrogen-bond acceptors (Lipinski definition) is 4. The topological polar surface area (TPSA) is 48.1 Å². The quantitative estimate of drug-likeness (QED) is 0.930. The van der Waals surface area contributed by atoms with Gasteiger partial charge in [-0.2, -0.15) is 0 Å². The van der Waals surface area contributed by atoms with Gasteiger partial charge < -0.3 is 10.5 Å². The number of hydrogen-bond donors (Lipinski definition) is 1. The fraction of sp³-hybridized carbons (Fsp3) is 0.154. The van der Waals surface area contributed by atoms with Gasteiger partial charge in [-0.1, -0.05) is 23.9 Å². The first-order valence-electron chi connectivity index (χ1n) is 5.35. The van der Waals surface area contributed by atoms with Gasteiger partial charge in [0.1, 0.15) is 10.8 Å². The number of benzene rings is 1. The molecule has 0 saturated carbocycles. The highest BCUT2D eigenvalue weighted by Gasteiger charge is 2.11. The van der Waals surface area contributed by atoms with Gasteiger partial charge in [-0.3, -0.25) is 0 Å². The molecule has 0 unspecified atom stereocenters. The Morgan fingerprint density at radius 2 is 2.06 bits per heavy atom. The van der Waals surface area contributed by atoms with E-state index in [0.29, 0.717) is 5.69 Å². The Hall–Kier alpha value is -1.20. The van der Waals surface area contributed by atoms with E-state index in [-0.39, 0.29) is 0 Å². The molecule has 94 valence electrons. The summed E-state index contributed by atoms with van der Waals surface area (Å²) in [5.74, 6) is 0.839. The van der Waals surface area contributed by atoms with E-state index < -0.39 is 0 Å². The first-order chi connectivity index (χ1) is 8.63. The van der Waals surface area contributed by atoms with Gasteiger partial charge >= 0.3 is 0 Å². The summed E-state index contributed by atoms with van der Waals surface area (Å²) in [6.07, 6.45) is 1.68. The number of nitrogens with two attached hydrogens (primary N) is 1.